The zero-order valence-electron chi connectivity index (χ0n) is 8.73. The number of rotatable bonds is 3. The highest BCUT2D eigenvalue weighted by Crippen LogP contribution is 2.24. The number of halogens is 1. The molecule has 0 saturated heterocycles. The number of nitrogens with one attached hydrogen (secondary N) is 1. The second-order valence-electron chi connectivity index (χ2n) is 3.63. The molecule has 82 valence electrons. The summed E-state index contributed by atoms with van der Waals surface area (Å²) in [6, 6.07) is 19.4. The summed E-state index contributed by atoms with van der Waals surface area (Å²) in [4.78, 5) is 2.66. The van der Waals surface area contributed by atoms with Crippen LogP contribution in [0.1, 0.15) is 11.1 Å². The normalized spacial score (nSPS) is 11.4. The van der Waals surface area contributed by atoms with Crippen LogP contribution in [-0.2, 0) is 5.66 Å². The molecule has 0 saturated carbocycles. The van der Waals surface area contributed by atoms with Gasteiger partial charge in [0.15, 0.2) is 0 Å². The lowest BCUT2D eigenvalue weighted by atomic mass is 9.93. The SMILES string of the molecule is NC(NCl)(c1ccccc1)c1ccccc1. The van der Waals surface area contributed by atoms with E-state index in [0.29, 0.717) is 0 Å². The quantitative estimate of drug-likeness (QED) is 0.631. The molecular weight excluding hydrogens is 220 g/mol. The Morgan fingerprint density at radius 3 is 1.50 bits per heavy atom. The lowest BCUT2D eigenvalue weighted by Gasteiger charge is -2.28. The summed E-state index contributed by atoms with van der Waals surface area (Å²) in [5.74, 6) is 0. The van der Waals surface area contributed by atoms with Gasteiger partial charge in [-0.25, -0.2) is 4.84 Å². The maximum atomic E-state index is 6.30. The molecule has 0 radical (unpaired) electrons. The Kier molecular flexibility index (Phi) is 3.25. The van der Waals surface area contributed by atoms with Gasteiger partial charge in [0.1, 0.15) is 5.66 Å². The third-order valence-corrected chi connectivity index (χ3v) is 2.91. The van der Waals surface area contributed by atoms with Crippen LogP contribution >= 0.6 is 11.8 Å². The lowest BCUT2D eigenvalue weighted by molar-refractivity contribution is 0.516. The van der Waals surface area contributed by atoms with Crippen LogP contribution < -0.4 is 10.6 Å². The molecule has 2 aromatic rings. The van der Waals surface area contributed by atoms with Crippen molar-refractivity contribution >= 4 is 11.8 Å². The van der Waals surface area contributed by atoms with E-state index in [2.05, 4.69) is 4.84 Å². The molecule has 2 nitrogen and oxygen atoms in total. The average Bonchev–Trinajstić information content (AvgIpc) is 2.40. The molecule has 0 fully saturated rings. The van der Waals surface area contributed by atoms with Crippen LogP contribution in [0.4, 0.5) is 0 Å². The summed E-state index contributed by atoms with van der Waals surface area (Å²) in [5, 5.41) is 0. The van der Waals surface area contributed by atoms with E-state index < -0.39 is 5.66 Å². The zero-order valence-corrected chi connectivity index (χ0v) is 9.48. The fourth-order valence-corrected chi connectivity index (χ4v) is 1.90. The summed E-state index contributed by atoms with van der Waals surface area (Å²) in [6.07, 6.45) is 0. The van der Waals surface area contributed by atoms with Crippen molar-refractivity contribution in [3.8, 4) is 0 Å². The van der Waals surface area contributed by atoms with Gasteiger partial charge in [-0.15, -0.1) is 0 Å². The molecule has 3 N–H and O–H groups in total. The molecule has 2 aromatic carbocycles. The molecule has 0 amide bonds. The van der Waals surface area contributed by atoms with Crippen molar-refractivity contribution in [1.29, 1.82) is 0 Å². The van der Waals surface area contributed by atoms with Gasteiger partial charge in [0, 0.05) is 0 Å². The lowest BCUT2D eigenvalue weighted by Crippen LogP contribution is -2.47. The van der Waals surface area contributed by atoms with Gasteiger partial charge in [0.2, 0.25) is 0 Å². The maximum absolute atomic E-state index is 6.30. The molecule has 0 spiro atoms. The van der Waals surface area contributed by atoms with Crippen molar-refractivity contribution in [2.75, 3.05) is 0 Å². The van der Waals surface area contributed by atoms with Crippen LogP contribution in [-0.4, -0.2) is 0 Å². The minimum absolute atomic E-state index is 0.857. The van der Waals surface area contributed by atoms with Crippen LogP contribution in [0.5, 0.6) is 0 Å². The highest BCUT2D eigenvalue weighted by molar-refractivity contribution is 6.14. The van der Waals surface area contributed by atoms with Gasteiger partial charge in [0.25, 0.3) is 0 Å². The van der Waals surface area contributed by atoms with E-state index in [0.717, 1.165) is 11.1 Å². The van der Waals surface area contributed by atoms with Gasteiger partial charge in [-0.3, -0.25) is 0 Å². The summed E-state index contributed by atoms with van der Waals surface area (Å²) in [5.41, 5.74) is 7.29. The topological polar surface area (TPSA) is 38.0 Å². The van der Waals surface area contributed by atoms with Crippen molar-refractivity contribution in [3.63, 3.8) is 0 Å². The molecular formula is C13H13ClN2. The maximum Gasteiger partial charge on any atom is 0.132 e. The minimum atomic E-state index is -0.857. The predicted octanol–water partition coefficient (Wildman–Crippen LogP) is 2.59. The third kappa shape index (κ3) is 1.95. The first-order valence-corrected chi connectivity index (χ1v) is 5.43. The zero-order chi connectivity index (χ0) is 11.4. The smallest absolute Gasteiger partial charge is 0.132 e. The van der Waals surface area contributed by atoms with Gasteiger partial charge in [-0.1, -0.05) is 60.7 Å². The first-order valence-electron chi connectivity index (χ1n) is 5.05. The van der Waals surface area contributed by atoms with Crippen LogP contribution in [0.3, 0.4) is 0 Å². The number of hydrogen-bond acceptors (Lipinski definition) is 2. The van der Waals surface area contributed by atoms with Gasteiger partial charge in [-0.2, -0.15) is 0 Å². The first-order chi connectivity index (χ1) is 7.77. The van der Waals surface area contributed by atoms with E-state index in [4.69, 9.17) is 17.5 Å². The summed E-state index contributed by atoms with van der Waals surface area (Å²) >= 11 is 5.80. The van der Waals surface area contributed by atoms with E-state index in [1.807, 2.05) is 60.7 Å². The fourth-order valence-electron chi connectivity index (χ4n) is 1.68. The Morgan fingerprint density at radius 1 is 0.812 bits per heavy atom. The molecule has 16 heavy (non-hydrogen) atoms. The van der Waals surface area contributed by atoms with Crippen LogP contribution in [0, 0.1) is 0 Å². The average molecular weight is 233 g/mol. The van der Waals surface area contributed by atoms with Crippen molar-refractivity contribution in [2.45, 2.75) is 5.66 Å². The number of benzene rings is 2. The highest BCUT2D eigenvalue weighted by atomic mass is 35.5. The van der Waals surface area contributed by atoms with Gasteiger partial charge in [0.05, 0.1) is 0 Å². The predicted molar refractivity (Wildman–Crippen MR) is 66.8 cm³/mol. The second-order valence-corrected chi connectivity index (χ2v) is 3.82. The molecule has 0 aromatic heterocycles. The Bertz CT molecular complexity index is 403. The summed E-state index contributed by atoms with van der Waals surface area (Å²) in [6.45, 7) is 0. The third-order valence-electron chi connectivity index (χ3n) is 2.61. The Balaban J connectivity index is 2.49. The second kappa shape index (κ2) is 4.66. The molecule has 2 rings (SSSR count). The van der Waals surface area contributed by atoms with E-state index in [1.165, 1.54) is 0 Å². The Morgan fingerprint density at radius 2 is 1.19 bits per heavy atom. The summed E-state index contributed by atoms with van der Waals surface area (Å²) in [7, 11) is 0. The Hall–Kier alpha value is -1.35. The van der Waals surface area contributed by atoms with Crippen molar-refractivity contribution in [2.24, 2.45) is 5.73 Å². The number of nitrogens with two attached hydrogens (primary N) is 1. The van der Waals surface area contributed by atoms with Crippen LogP contribution in [0.15, 0.2) is 60.7 Å². The van der Waals surface area contributed by atoms with E-state index in [-0.39, 0.29) is 0 Å². The number of hydrogen-bond donors (Lipinski definition) is 2. The monoisotopic (exact) mass is 232 g/mol. The Labute approximate surface area is 100 Å². The van der Waals surface area contributed by atoms with Gasteiger partial charge < -0.3 is 5.73 Å². The van der Waals surface area contributed by atoms with Crippen molar-refractivity contribution < 1.29 is 0 Å². The molecule has 0 aliphatic rings. The fraction of sp³-hybridized carbons (Fsp3) is 0.0769. The molecule has 0 bridgehead atoms. The van der Waals surface area contributed by atoms with E-state index >= 15 is 0 Å². The van der Waals surface area contributed by atoms with Crippen molar-refractivity contribution in [1.82, 2.24) is 4.84 Å². The minimum Gasteiger partial charge on any atom is -0.305 e. The highest BCUT2D eigenvalue weighted by Gasteiger charge is 2.28. The molecule has 0 unspecified atom stereocenters. The molecule has 3 heteroatoms. The molecule has 0 atom stereocenters. The molecule has 0 aliphatic heterocycles. The van der Waals surface area contributed by atoms with Gasteiger partial charge in [-0.05, 0) is 22.9 Å². The van der Waals surface area contributed by atoms with Gasteiger partial charge >= 0.3 is 0 Å². The first kappa shape index (κ1) is 11.1. The summed E-state index contributed by atoms with van der Waals surface area (Å²) < 4.78 is 0. The van der Waals surface area contributed by atoms with Crippen molar-refractivity contribution in [3.05, 3.63) is 71.8 Å². The van der Waals surface area contributed by atoms with E-state index in [9.17, 15) is 0 Å². The molecule has 0 aliphatic carbocycles. The molecule has 0 heterocycles. The van der Waals surface area contributed by atoms with Crippen LogP contribution in [0.25, 0.3) is 0 Å². The largest absolute Gasteiger partial charge is 0.305 e. The standard InChI is InChI=1S/C13H13ClN2/c14-16-13(15,11-7-3-1-4-8-11)12-9-5-2-6-10-12/h1-10,16H,15H2. The van der Waals surface area contributed by atoms with E-state index in [1.54, 1.807) is 0 Å². The van der Waals surface area contributed by atoms with Crippen LogP contribution in [0.2, 0.25) is 0 Å².